The number of nitrogens with one attached hydrogen (secondary N) is 2. The van der Waals surface area contributed by atoms with Crippen molar-refractivity contribution in [3.63, 3.8) is 0 Å². The Morgan fingerprint density at radius 1 is 1.14 bits per heavy atom. The molecule has 2 unspecified atom stereocenters. The first kappa shape index (κ1) is 23.1. The summed E-state index contributed by atoms with van der Waals surface area (Å²) in [4.78, 5) is 37.4. The van der Waals surface area contributed by atoms with Gasteiger partial charge in [0.05, 0.1) is 18.6 Å². The molecule has 2 aliphatic heterocycles. The zero-order valence-electron chi connectivity index (χ0n) is 18.7. The van der Waals surface area contributed by atoms with Crippen molar-refractivity contribution in [2.75, 3.05) is 13.1 Å². The van der Waals surface area contributed by atoms with Crippen molar-refractivity contribution in [2.45, 2.75) is 18.8 Å². The Bertz CT molecular complexity index is 1310. The summed E-state index contributed by atoms with van der Waals surface area (Å²) in [5.41, 5.74) is 6.17. The van der Waals surface area contributed by atoms with Gasteiger partial charge in [0.1, 0.15) is 23.4 Å². The maximum absolute atomic E-state index is 13.1. The van der Waals surface area contributed by atoms with Crippen LogP contribution < -0.4 is 10.8 Å². The Hall–Kier alpha value is -3.69. The smallest absolute Gasteiger partial charge is 0.411 e. The van der Waals surface area contributed by atoms with Gasteiger partial charge in [-0.3, -0.25) is 25.0 Å². The predicted octanol–water partition coefficient (Wildman–Crippen LogP) is 3.90. The maximum Gasteiger partial charge on any atom is 0.411 e. The molecule has 2 atom stereocenters. The van der Waals surface area contributed by atoms with Crippen LogP contribution in [-0.4, -0.2) is 47.1 Å². The molecular weight excluding hydrogens is 512 g/mol. The van der Waals surface area contributed by atoms with E-state index in [1.54, 1.807) is 6.20 Å². The molecule has 178 valence electrons. The second kappa shape index (κ2) is 10.3. The molecule has 0 saturated carbocycles. The van der Waals surface area contributed by atoms with Gasteiger partial charge in [-0.2, -0.15) is 0 Å². The minimum atomic E-state index is -0.797. The van der Waals surface area contributed by atoms with Gasteiger partial charge in [0.25, 0.3) is 0 Å². The van der Waals surface area contributed by atoms with Crippen molar-refractivity contribution in [1.29, 1.82) is 0 Å². The number of aromatic nitrogens is 1. The summed E-state index contributed by atoms with van der Waals surface area (Å²) in [5, 5.41) is 3.83. The molecule has 2 amide bonds. The van der Waals surface area contributed by atoms with Gasteiger partial charge in [-0.05, 0) is 51.4 Å². The van der Waals surface area contributed by atoms with E-state index in [9.17, 15) is 9.59 Å². The van der Waals surface area contributed by atoms with E-state index in [1.165, 1.54) is 4.90 Å². The average molecular weight is 535 g/mol. The Balaban J connectivity index is 1.28. The fraction of sp³-hybridized carbons (Fsp3) is 0.192. The van der Waals surface area contributed by atoms with Gasteiger partial charge in [0.2, 0.25) is 5.91 Å². The lowest BCUT2D eigenvalue weighted by atomic mass is 10.1. The van der Waals surface area contributed by atoms with Crippen LogP contribution in [0.25, 0.3) is 16.5 Å². The summed E-state index contributed by atoms with van der Waals surface area (Å²) >= 11 is 3.29. The van der Waals surface area contributed by atoms with E-state index in [4.69, 9.17) is 9.57 Å². The number of nitrogens with zero attached hydrogens (tertiary/aromatic N) is 2. The summed E-state index contributed by atoms with van der Waals surface area (Å²) in [6, 6.07) is 18.6. The lowest BCUT2D eigenvalue weighted by molar-refractivity contribution is -0.124. The van der Waals surface area contributed by atoms with Gasteiger partial charge >= 0.3 is 6.09 Å². The monoisotopic (exact) mass is 534 g/mol. The molecule has 0 fully saturated rings. The Morgan fingerprint density at radius 3 is 2.74 bits per heavy atom. The lowest BCUT2D eigenvalue weighted by Gasteiger charge is -2.24. The molecule has 0 saturated heterocycles. The number of carbonyl (C=O) groups is 2. The highest BCUT2D eigenvalue weighted by molar-refractivity contribution is 9.11. The molecule has 35 heavy (non-hydrogen) atoms. The number of rotatable bonds is 6. The summed E-state index contributed by atoms with van der Waals surface area (Å²) in [7, 11) is 0. The van der Waals surface area contributed by atoms with Gasteiger partial charge < -0.3 is 10.1 Å². The summed E-state index contributed by atoms with van der Waals surface area (Å²) in [5.74, 6) is -0.305. The van der Waals surface area contributed by atoms with Crippen LogP contribution in [0.3, 0.4) is 0 Å². The molecule has 8 nitrogen and oxygen atoms in total. The number of amides is 2. The van der Waals surface area contributed by atoms with E-state index in [0.29, 0.717) is 4.61 Å². The molecule has 2 aliphatic rings. The molecule has 3 heterocycles. The number of carbonyl (C=O) groups excluding carboxylic acids is 2. The highest BCUT2D eigenvalue weighted by Crippen LogP contribution is 2.26. The van der Waals surface area contributed by atoms with Crippen LogP contribution in [0.5, 0.6) is 0 Å². The number of halogens is 1. The Labute approximate surface area is 210 Å². The van der Waals surface area contributed by atoms with Crippen molar-refractivity contribution in [1.82, 2.24) is 20.7 Å². The van der Waals surface area contributed by atoms with Gasteiger partial charge in [-0.25, -0.2) is 4.79 Å². The number of benzene rings is 2. The molecule has 3 aromatic rings. The number of ether oxygens (including phenoxy) is 1. The number of hydrogen-bond donors (Lipinski definition) is 2. The first-order chi connectivity index (χ1) is 17.1. The van der Waals surface area contributed by atoms with Crippen molar-refractivity contribution in [2.24, 2.45) is 0 Å². The van der Waals surface area contributed by atoms with Gasteiger partial charge in [-0.15, -0.1) is 0 Å². The van der Waals surface area contributed by atoms with Crippen LogP contribution in [0.1, 0.15) is 11.1 Å². The van der Waals surface area contributed by atoms with Crippen LogP contribution in [0, 0.1) is 0 Å². The van der Waals surface area contributed by atoms with Crippen molar-refractivity contribution >= 4 is 44.4 Å². The maximum atomic E-state index is 13.1. The van der Waals surface area contributed by atoms with E-state index in [1.807, 2.05) is 72.8 Å². The van der Waals surface area contributed by atoms with E-state index >= 15 is 0 Å². The number of fused-ring (bicyclic) bond motifs is 1. The third-order valence-corrected chi connectivity index (χ3v) is 6.24. The molecular formula is C26H23BrN4O4. The molecule has 2 N–H and O–H groups in total. The zero-order valence-corrected chi connectivity index (χ0v) is 20.3. The second-order valence-electron chi connectivity index (χ2n) is 8.24. The molecule has 9 heteroatoms. The number of hydrogen-bond acceptors (Lipinski definition) is 6. The van der Waals surface area contributed by atoms with E-state index in [2.05, 4.69) is 31.7 Å². The normalized spacial score (nSPS) is 19.2. The fourth-order valence-corrected chi connectivity index (χ4v) is 4.43. The van der Waals surface area contributed by atoms with Crippen LogP contribution in [0.2, 0.25) is 0 Å². The predicted molar refractivity (Wildman–Crippen MR) is 135 cm³/mol. The van der Waals surface area contributed by atoms with Crippen molar-refractivity contribution < 1.29 is 19.2 Å². The number of pyridine rings is 1. The first-order valence-electron chi connectivity index (χ1n) is 11.2. The number of hydroxylamine groups is 1. The van der Waals surface area contributed by atoms with Crippen molar-refractivity contribution in [3.8, 4) is 0 Å². The second-order valence-corrected chi connectivity index (χ2v) is 9.09. The summed E-state index contributed by atoms with van der Waals surface area (Å²) in [6.07, 6.45) is 4.43. The topological polar surface area (TPSA) is 92.8 Å². The molecule has 0 bridgehead atoms. The molecule has 0 aliphatic carbocycles. The van der Waals surface area contributed by atoms with Crippen molar-refractivity contribution in [3.05, 3.63) is 94.7 Å². The Morgan fingerprint density at radius 2 is 1.94 bits per heavy atom. The Kier molecular flexibility index (Phi) is 6.78. The third-order valence-electron chi connectivity index (χ3n) is 5.81. The molecule has 2 aromatic carbocycles. The van der Waals surface area contributed by atoms with E-state index in [0.717, 1.165) is 27.6 Å². The summed E-state index contributed by atoms with van der Waals surface area (Å²) < 4.78 is 6.31. The van der Waals surface area contributed by atoms with Crippen LogP contribution in [-0.2, 0) is 21.0 Å². The van der Waals surface area contributed by atoms with E-state index in [-0.39, 0.29) is 31.7 Å². The third kappa shape index (κ3) is 5.36. The van der Waals surface area contributed by atoms with E-state index < -0.39 is 12.1 Å². The largest absolute Gasteiger partial charge is 0.444 e. The highest BCUT2D eigenvalue weighted by Gasteiger charge is 2.35. The van der Waals surface area contributed by atoms with Gasteiger partial charge in [0.15, 0.2) is 0 Å². The van der Waals surface area contributed by atoms with Gasteiger partial charge in [0, 0.05) is 17.1 Å². The van der Waals surface area contributed by atoms with Crippen LogP contribution in [0.4, 0.5) is 4.79 Å². The lowest BCUT2D eigenvalue weighted by Crippen LogP contribution is -2.47. The minimum Gasteiger partial charge on any atom is -0.444 e. The fourth-order valence-electron chi connectivity index (χ4n) is 4.04. The summed E-state index contributed by atoms with van der Waals surface area (Å²) in [6.45, 7) is 0.587. The minimum absolute atomic E-state index is 0.0581. The number of para-hydroxylation sites is 1. The first-order valence-corrected chi connectivity index (χ1v) is 12.0. The highest BCUT2D eigenvalue weighted by atomic mass is 79.9. The molecule has 0 radical (unpaired) electrons. The van der Waals surface area contributed by atoms with Crippen LogP contribution in [0.15, 0.2) is 83.6 Å². The average Bonchev–Trinajstić information content (AvgIpc) is 3.53. The molecule has 0 spiro atoms. The zero-order chi connectivity index (χ0) is 24.2. The SMILES string of the molecule is O=C(NCC1C=C(Br)NO1)C1C=C(c2ccccc2)CN1C(=O)OCc1cnc2ccccc2c1. The molecule has 5 rings (SSSR count). The standard InChI is InChI=1S/C26H23BrN4O4/c27-24-12-21(35-30-24)14-29-25(32)23-11-20(18-6-2-1-3-7-18)15-31(23)26(33)34-16-17-10-19-8-4-5-9-22(19)28-13-17/h1-13,21,23,30H,14-16H2,(H,29,32). The van der Waals surface area contributed by atoms with Crippen LogP contribution >= 0.6 is 15.9 Å². The quantitative estimate of drug-likeness (QED) is 0.466. The van der Waals surface area contributed by atoms with Gasteiger partial charge in [-0.1, -0.05) is 48.5 Å². The molecule has 1 aromatic heterocycles.